The molecule has 0 amide bonds. The van der Waals surface area contributed by atoms with Crippen LogP contribution in [0.1, 0.15) is 16.7 Å². The van der Waals surface area contributed by atoms with Crippen molar-refractivity contribution in [1.82, 2.24) is 0 Å². The van der Waals surface area contributed by atoms with E-state index in [1.54, 1.807) is 0 Å². The van der Waals surface area contributed by atoms with Gasteiger partial charge in [0.25, 0.3) is 0 Å². The first-order valence-electron chi connectivity index (χ1n) is 8.31. The standard InChI is InChI=1S/C23H20O/c1-15-10-11-18(16(2)12-15)20-8-5-9-22-21-7-4-3-6-19(21)17(14-24)13-23(20)22/h3-13,24H,14H2,1-2H3. The second-order valence-electron chi connectivity index (χ2n) is 6.46. The molecule has 0 aliphatic rings. The smallest absolute Gasteiger partial charge is 0.0688 e. The first kappa shape index (κ1) is 14.9. The van der Waals surface area contributed by atoms with Crippen molar-refractivity contribution in [2.24, 2.45) is 0 Å². The molecule has 0 aliphatic carbocycles. The third-order valence-corrected chi connectivity index (χ3v) is 4.83. The molecule has 0 spiro atoms. The van der Waals surface area contributed by atoms with Gasteiger partial charge in [0.1, 0.15) is 0 Å². The lowest BCUT2D eigenvalue weighted by molar-refractivity contribution is 0.283. The molecule has 1 nitrogen and oxygen atoms in total. The Hall–Kier alpha value is -2.64. The minimum Gasteiger partial charge on any atom is -0.392 e. The Morgan fingerprint density at radius 2 is 1.38 bits per heavy atom. The summed E-state index contributed by atoms with van der Waals surface area (Å²) < 4.78 is 0. The molecule has 0 atom stereocenters. The average Bonchev–Trinajstić information content (AvgIpc) is 2.61. The molecular formula is C23H20O. The van der Waals surface area contributed by atoms with Crippen molar-refractivity contribution < 1.29 is 5.11 Å². The molecule has 4 aromatic rings. The summed E-state index contributed by atoms with van der Waals surface area (Å²) in [7, 11) is 0. The van der Waals surface area contributed by atoms with E-state index in [2.05, 4.69) is 74.5 Å². The maximum atomic E-state index is 9.85. The third-order valence-electron chi connectivity index (χ3n) is 4.83. The predicted octanol–water partition coefficient (Wildman–Crippen LogP) is 5.77. The molecule has 0 radical (unpaired) electrons. The van der Waals surface area contributed by atoms with Gasteiger partial charge in [0.05, 0.1) is 6.61 Å². The Balaban J connectivity index is 2.13. The topological polar surface area (TPSA) is 20.2 Å². The van der Waals surface area contributed by atoms with Crippen molar-refractivity contribution in [1.29, 1.82) is 0 Å². The largest absolute Gasteiger partial charge is 0.392 e. The van der Waals surface area contributed by atoms with Crippen molar-refractivity contribution >= 4 is 21.5 Å². The fourth-order valence-corrected chi connectivity index (χ4v) is 3.69. The molecule has 1 heteroatoms. The maximum absolute atomic E-state index is 9.85. The van der Waals surface area contributed by atoms with Crippen LogP contribution in [0.3, 0.4) is 0 Å². The van der Waals surface area contributed by atoms with Crippen LogP contribution >= 0.6 is 0 Å². The highest BCUT2D eigenvalue weighted by atomic mass is 16.3. The van der Waals surface area contributed by atoms with Crippen LogP contribution in [0.25, 0.3) is 32.7 Å². The van der Waals surface area contributed by atoms with Gasteiger partial charge < -0.3 is 5.11 Å². The Kier molecular flexibility index (Phi) is 3.59. The van der Waals surface area contributed by atoms with E-state index >= 15 is 0 Å². The van der Waals surface area contributed by atoms with Crippen molar-refractivity contribution in [2.45, 2.75) is 20.5 Å². The molecule has 4 rings (SSSR count). The van der Waals surface area contributed by atoms with Gasteiger partial charge in [0, 0.05) is 0 Å². The summed E-state index contributed by atoms with van der Waals surface area (Å²) in [6.07, 6.45) is 0. The summed E-state index contributed by atoms with van der Waals surface area (Å²) >= 11 is 0. The lowest BCUT2D eigenvalue weighted by atomic mass is 9.90. The molecule has 4 aromatic carbocycles. The molecule has 0 aliphatic heterocycles. The van der Waals surface area contributed by atoms with Crippen molar-refractivity contribution in [3.05, 3.63) is 83.4 Å². The van der Waals surface area contributed by atoms with Gasteiger partial charge in [-0.25, -0.2) is 0 Å². The second kappa shape index (κ2) is 5.77. The van der Waals surface area contributed by atoms with Gasteiger partial charge in [-0.15, -0.1) is 0 Å². The van der Waals surface area contributed by atoms with E-state index in [4.69, 9.17) is 0 Å². The number of fused-ring (bicyclic) bond motifs is 3. The summed E-state index contributed by atoms with van der Waals surface area (Å²) in [4.78, 5) is 0. The molecule has 0 saturated heterocycles. The van der Waals surface area contributed by atoms with E-state index in [-0.39, 0.29) is 6.61 Å². The highest BCUT2D eigenvalue weighted by Crippen LogP contribution is 2.36. The molecule has 24 heavy (non-hydrogen) atoms. The zero-order valence-corrected chi connectivity index (χ0v) is 14.0. The number of aliphatic hydroxyl groups excluding tert-OH is 1. The molecule has 1 N–H and O–H groups in total. The monoisotopic (exact) mass is 312 g/mol. The van der Waals surface area contributed by atoms with Crippen LogP contribution in [0.15, 0.2) is 66.7 Å². The van der Waals surface area contributed by atoms with E-state index in [1.165, 1.54) is 38.4 Å². The fraction of sp³-hybridized carbons (Fsp3) is 0.130. The maximum Gasteiger partial charge on any atom is 0.0688 e. The van der Waals surface area contributed by atoms with E-state index < -0.39 is 0 Å². The van der Waals surface area contributed by atoms with E-state index in [9.17, 15) is 5.11 Å². The van der Waals surface area contributed by atoms with Crippen LogP contribution in [0.4, 0.5) is 0 Å². The highest BCUT2D eigenvalue weighted by molar-refractivity contribution is 6.13. The average molecular weight is 312 g/mol. The summed E-state index contributed by atoms with van der Waals surface area (Å²) in [5.74, 6) is 0. The van der Waals surface area contributed by atoms with Crippen LogP contribution in [0.5, 0.6) is 0 Å². The Labute approximate surface area is 142 Å². The number of hydrogen-bond acceptors (Lipinski definition) is 1. The van der Waals surface area contributed by atoms with Gasteiger partial charge in [-0.2, -0.15) is 0 Å². The van der Waals surface area contributed by atoms with Gasteiger partial charge in [-0.05, 0) is 63.7 Å². The summed E-state index contributed by atoms with van der Waals surface area (Å²) in [6.45, 7) is 4.34. The Bertz CT molecular complexity index is 1060. The fourth-order valence-electron chi connectivity index (χ4n) is 3.69. The number of aliphatic hydroxyl groups is 1. The van der Waals surface area contributed by atoms with Gasteiger partial charge >= 0.3 is 0 Å². The van der Waals surface area contributed by atoms with Gasteiger partial charge in [-0.3, -0.25) is 0 Å². The first-order chi connectivity index (χ1) is 11.7. The molecule has 0 saturated carbocycles. The molecule has 0 aromatic heterocycles. The zero-order valence-electron chi connectivity index (χ0n) is 14.0. The Morgan fingerprint density at radius 1 is 0.667 bits per heavy atom. The van der Waals surface area contributed by atoms with Crippen LogP contribution in [0, 0.1) is 13.8 Å². The quantitative estimate of drug-likeness (QED) is 0.466. The van der Waals surface area contributed by atoms with E-state index in [0.29, 0.717) is 0 Å². The SMILES string of the molecule is Cc1ccc(-c2cccc3c2cc(CO)c2ccccc23)c(C)c1. The highest BCUT2D eigenvalue weighted by Gasteiger charge is 2.11. The number of benzene rings is 4. The molecular weight excluding hydrogens is 292 g/mol. The van der Waals surface area contributed by atoms with Gasteiger partial charge in [-0.1, -0.05) is 66.2 Å². The van der Waals surface area contributed by atoms with Gasteiger partial charge in [0.2, 0.25) is 0 Å². The molecule has 118 valence electrons. The number of aryl methyl sites for hydroxylation is 2. The second-order valence-corrected chi connectivity index (χ2v) is 6.46. The molecule has 0 fully saturated rings. The van der Waals surface area contributed by atoms with Crippen molar-refractivity contribution in [2.75, 3.05) is 0 Å². The van der Waals surface area contributed by atoms with E-state index in [1.807, 2.05) is 6.07 Å². The van der Waals surface area contributed by atoms with Gasteiger partial charge in [0.15, 0.2) is 0 Å². The number of hydrogen-bond donors (Lipinski definition) is 1. The van der Waals surface area contributed by atoms with Crippen molar-refractivity contribution in [3.63, 3.8) is 0 Å². The normalized spacial score (nSPS) is 11.3. The van der Waals surface area contributed by atoms with Crippen LogP contribution in [0.2, 0.25) is 0 Å². The minimum absolute atomic E-state index is 0.0532. The summed E-state index contributed by atoms with van der Waals surface area (Å²) in [6, 6.07) is 23.5. The van der Waals surface area contributed by atoms with Crippen molar-refractivity contribution in [3.8, 4) is 11.1 Å². The predicted molar refractivity (Wildman–Crippen MR) is 102 cm³/mol. The number of rotatable bonds is 2. The lowest BCUT2D eigenvalue weighted by Crippen LogP contribution is -1.91. The Morgan fingerprint density at radius 3 is 2.12 bits per heavy atom. The lowest BCUT2D eigenvalue weighted by Gasteiger charge is -2.14. The van der Waals surface area contributed by atoms with Crippen LogP contribution in [-0.4, -0.2) is 5.11 Å². The van der Waals surface area contributed by atoms with Crippen LogP contribution in [-0.2, 0) is 6.61 Å². The molecule has 0 heterocycles. The third kappa shape index (κ3) is 2.29. The summed E-state index contributed by atoms with van der Waals surface area (Å²) in [5.41, 5.74) is 6.02. The first-order valence-corrected chi connectivity index (χ1v) is 8.31. The van der Waals surface area contributed by atoms with E-state index in [0.717, 1.165) is 10.9 Å². The van der Waals surface area contributed by atoms with Crippen LogP contribution < -0.4 is 0 Å². The summed E-state index contributed by atoms with van der Waals surface area (Å²) in [5, 5.41) is 14.6. The minimum atomic E-state index is 0.0532. The molecule has 0 bridgehead atoms. The molecule has 0 unspecified atom stereocenters. The zero-order chi connectivity index (χ0) is 16.7.